The summed E-state index contributed by atoms with van der Waals surface area (Å²) in [4.78, 5) is 15.8. The number of hydrazone groups is 1. The van der Waals surface area contributed by atoms with E-state index in [0.717, 1.165) is 12.3 Å². The molecule has 0 fully saturated rings. The summed E-state index contributed by atoms with van der Waals surface area (Å²) in [6.07, 6.45) is -2.13. The zero-order valence-corrected chi connectivity index (χ0v) is 15.5. The van der Waals surface area contributed by atoms with Crippen LogP contribution in [-0.4, -0.2) is 17.1 Å². The van der Waals surface area contributed by atoms with E-state index in [-0.39, 0.29) is 11.3 Å². The fraction of sp³-hybridized carbons (Fsp3) is 0.0500. The van der Waals surface area contributed by atoms with Crippen molar-refractivity contribution >= 4 is 35.1 Å². The number of amides is 1. The molecule has 1 aromatic heterocycles. The SMILES string of the molecule is O=C(N/N=C/c1ccccc1Cl)c1ccccc1Nc1ccnc(C(F)(F)F)c1. The standard InChI is InChI=1S/C20H14ClF3N4O/c21-16-7-3-1-5-13(16)12-26-28-19(29)15-6-2-4-8-17(15)27-14-9-10-25-18(11-14)20(22,23)24/h1-12H,(H,25,27)(H,28,29)/b26-12+. The summed E-state index contributed by atoms with van der Waals surface area (Å²) in [6.45, 7) is 0. The van der Waals surface area contributed by atoms with Gasteiger partial charge in [0.25, 0.3) is 5.91 Å². The summed E-state index contributed by atoms with van der Waals surface area (Å²) in [5, 5.41) is 7.16. The van der Waals surface area contributed by atoms with E-state index in [0.29, 0.717) is 16.3 Å². The third kappa shape index (κ3) is 5.32. The van der Waals surface area contributed by atoms with E-state index in [1.807, 2.05) is 0 Å². The van der Waals surface area contributed by atoms with E-state index in [9.17, 15) is 18.0 Å². The normalized spacial score (nSPS) is 11.4. The third-order valence-corrected chi connectivity index (χ3v) is 4.12. The number of nitrogens with zero attached hydrogens (tertiary/aromatic N) is 2. The monoisotopic (exact) mass is 418 g/mol. The van der Waals surface area contributed by atoms with Crippen LogP contribution in [0.3, 0.4) is 0 Å². The average molecular weight is 419 g/mol. The van der Waals surface area contributed by atoms with Crippen molar-refractivity contribution in [2.75, 3.05) is 5.32 Å². The molecule has 0 aliphatic heterocycles. The maximum atomic E-state index is 12.8. The van der Waals surface area contributed by atoms with Crippen LogP contribution in [0.5, 0.6) is 0 Å². The van der Waals surface area contributed by atoms with Crippen molar-refractivity contribution in [3.63, 3.8) is 0 Å². The molecule has 0 saturated heterocycles. The molecule has 5 nitrogen and oxygen atoms in total. The van der Waals surface area contributed by atoms with Crippen LogP contribution in [0.4, 0.5) is 24.5 Å². The number of halogens is 4. The minimum Gasteiger partial charge on any atom is -0.355 e. The van der Waals surface area contributed by atoms with Gasteiger partial charge in [-0.1, -0.05) is 41.9 Å². The second-order valence-electron chi connectivity index (χ2n) is 5.82. The minimum atomic E-state index is -4.57. The average Bonchev–Trinajstić information content (AvgIpc) is 2.69. The number of hydrogen-bond donors (Lipinski definition) is 2. The van der Waals surface area contributed by atoms with Gasteiger partial charge < -0.3 is 5.32 Å². The topological polar surface area (TPSA) is 66.4 Å². The Balaban J connectivity index is 1.77. The summed E-state index contributed by atoms with van der Waals surface area (Å²) < 4.78 is 38.5. The molecule has 1 heterocycles. The number of aromatic nitrogens is 1. The number of benzene rings is 2. The van der Waals surface area contributed by atoms with Gasteiger partial charge in [0.1, 0.15) is 5.69 Å². The van der Waals surface area contributed by atoms with Crippen molar-refractivity contribution in [2.24, 2.45) is 5.10 Å². The number of pyridine rings is 1. The van der Waals surface area contributed by atoms with Crippen LogP contribution in [0.15, 0.2) is 72.0 Å². The molecule has 0 saturated carbocycles. The molecule has 0 spiro atoms. The number of rotatable bonds is 5. The molecular formula is C20H14ClF3N4O. The lowest BCUT2D eigenvalue weighted by atomic mass is 10.1. The molecule has 0 atom stereocenters. The molecule has 29 heavy (non-hydrogen) atoms. The number of alkyl halides is 3. The van der Waals surface area contributed by atoms with Gasteiger partial charge >= 0.3 is 6.18 Å². The molecule has 2 N–H and O–H groups in total. The fourth-order valence-corrected chi connectivity index (χ4v) is 2.59. The molecular weight excluding hydrogens is 405 g/mol. The van der Waals surface area contributed by atoms with Gasteiger partial charge in [-0.15, -0.1) is 0 Å². The molecule has 3 aromatic rings. The molecule has 0 bridgehead atoms. The molecule has 0 aliphatic carbocycles. The van der Waals surface area contributed by atoms with Crippen LogP contribution in [0.1, 0.15) is 21.6 Å². The third-order valence-electron chi connectivity index (χ3n) is 3.78. The summed E-state index contributed by atoms with van der Waals surface area (Å²) in [5.41, 5.74) is 2.63. The molecule has 1 amide bonds. The van der Waals surface area contributed by atoms with E-state index in [1.165, 1.54) is 18.3 Å². The Hall–Kier alpha value is -3.39. The van der Waals surface area contributed by atoms with Gasteiger partial charge in [-0.3, -0.25) is 9.78 Å². The zero-order valence-electron chi connectivity index (χ0n) is 14.7. The first-order chi connectivity index (χ1) is 13.8. The number of carbonyl (C=O) groups excluding carboxylic acids is 1. The fourth-order valence-electron chi connectivity index (χ4n) is 2.41. The van der Waals surface area contributed by atoms with Gasteiger partial charge in [0.2, 0.25) is 0 Å². The summed E-state index contributed by atoms with van der Waals surface area (Å²) >= 11 is 6.02. The van der Waals surface area contributed by atoms with Crippen molar-refractivity contribution in [2.45, 2.75) is 6.18 Å². The van der Waals surface area contributed by atoms with E-state index < -0.39 is 17.8 Å². The van der Waals surface area contributed by atoms with E-state index in [1.54, 1.807) is 42.5 Å². The Morgan fingerprint density at radius 2 is 1.79 bits per heavy atom. The largest absolute Gasteiger partial charge is 0.433 e. The van der Waals surface area contributed by atoms with Crippen molar-refractivity contribution in [3.8, 4) is 0 Å². The van der Waals surface area contributed by atoms with Gasteiger partial charge in [0.05, 0.1) is 17.5 Å². The van der Waals surface area contributed by atoms with Gasteiger partial charge in [-0.2, -0.15) is 18.3 Å². The van der Waals surface area contributed by atoms with Crippen LogP contribution >= 0.6 is 11.6 Å². The van der Waals surface area contributed by atoms with Crippen molar-refractivity contribution in [1.29, 1.82) is 0 Å². The number of hydrogen-bond acceptors (Lipinski definition) is 4. The van der Waals surface area contributed by atoms with Crippen LogP contribution in [0.2, 0.25) is 5.02 Å². The molecule has 3 rings (SSSR count). The smallest absolute Gasteiger partial charge is 0.355 e. The summed E-state index contributed by atoms with van der Waals surface area (Å²) in [6, 6.07) is 15.6. The minimum absolute atomic E-state index is 0.146. The highest BCUT2D eigenvalue weighted by Gasteiger charge is 2.32. The predicted molar refractivity (Wildman–Crippen MR) is 105 cm³/mol. The molecule has 0 radical (unpaired) electrons. The lowest BCUT2D eigenvalue weighted by Gasteiger charge is -2.12. The Bertz CT molecular complexity index is 1050. The lowest BCUT2D eigenvalue weighted by Crippen LogP contribution is -2.19. The quantitative estimate of drug-likeness (QED) is 0.438. The van der Waals surface area contributed by atoms with E-state index in [2.05, 4.69) is 20.8 Å². The first-order valence-corrected chi connectivity index (χ1v) is 8.69. The van der Waals surface area contributed by atoms with E-state index in [4.69, 9.17) is 11.6 Å². The first-order valence-electron chi connectivity index (χ1n) is 8.32. The Kier molecular flexibility index (Phi) is 6.13. The van der Waals surface area contributed by atoms with Crippen LogP contribution < -0.4 is 10.7 Å². The van der Waals surface area contributed by atoms with Gasteiger partial charge in [-0.05, 0) is 30.3 Å². The second-order valence-corrected chi connectivity index (χ2v) is 6.23. The lowest BCUT2D eigenvalue weighted by molar-refractivity contribution is -0.141. The maximum Gasteiger partial charge on any atom is 0.433 e. The van der Waals surface area contributed by atoms with Gasteiger partial charge in [0.15, 0.2) is 0 Å². The Labute approximate surface area is 169 Å². The van der Waals surface area contributed by atoms with Gasteiger partial charge in [0, 0.05) is 22.5 Å². The highest BCUT2D eigenvalue weighted by atomic mass is 35.5. The molecule has 148 valence electrons. The first kappa shape index (κ1) is 20.3. The number of anilines is 2. The van der Waals surface area contributed by atoms with Gasteiger partial charge in [-0.25, -0.2) is 5.43 Å². The molecule has 9 heteroatoms. The van der Waals surface area contributed by atoms with Crippen LogP contribution in [0.25, 0.3) is 0 Å². The van der Waals surface area contributed by atoms with Crippen molar-refractivity contribution < 1.29 is 18.0 Å². The van der Waals surface area contributed by atoms with Crippen molar-refractivity contribution in [3.05, 3.63) is 88.7 Å². The maximum absolute atomic E-state index is 12.8. The van der Waals surface area contributed by atoms with Crippen LogP contribution in [-0.2, 0) is 6.18 Å². The zero-order chi connectivity index (χ0) is 20.9. The number of carbonyl (C=O) groups is 1. The predicted octanol–water partition coefficient (Wildman–Crippen LogP) is 5.26. The highest BCUT2D eigenvalue weighted by molar-refractivity contribution is 6.33. The van der Waals surface area contributed by atoms with E-state index >= 15 is 0 Å². The highest BCUT2D eigenvalue weighted by Crippen LogP contribution is 2.30. The number of nitrogens with one attached hydrogen (secondary N) is 2. The van der Waals surface area contributed by atoms with Crippen LogP contribution in [0, 0.1) is 0 Å². The molecule has 2 aromatic carbocycles. The molecule has 0 unspecified atom stereocenters. The second kappa shape index (κ2) is 8.74. The number of para-hydroxylation sites is 1. The summed E-state index contributed by atoms with van der Waals surface area (Å²) in [5.74, 6) is -0.540. The summed E-state index contributed by atoms with van der Waals surface area (Å²) in [7, 11) is 0. The van der Waals surface area contributed by atoms with Crippen molar-refractivity contribution in [1.82, 2.24) is 10.4 Å². The Morgan fingerprint density at radius 3 is 2.55 bits per heavy atom. The molecule has 0 aliphatic rings. The Morgan fingerprint density at radius 1 is 1.07 bits per heavy atom.